The van der Waals surface area contributed by atoms with Crippen molar-refractivity contribution in [3.05, 3.63) is 53.0 Å². The first-order valence-electron chi connectivity index (χ1n) is 10.6. The number of hydrogen-bond donors (Lipinski definition) is 1. The Morgan fingerprint density at radius 1 is 1.24 bits per heavy atom. The summed E-state index contributed by atoms with van der Waals surface area (Å²) in [5.41, 5.74) is -1.04. The average molecular weight is 492 g/mol. The number of allylic oxidation sites excluding steroid dienone is 4. The molecule has 2 rings (SSSR count). The van der Waals surface area contributed by atoms with Gasteiger partial charge in [-0.05, 0) is 26.2 Å². The number of aromatic nitrogens is 1. The summed E-state index contributed by atoms with van der Waals surface area (Å²) in [6.45, 7) is 3.34. The Morgan fingerprint density at radius 2 is 1.88 bits per heavy atom. The van der Waals surface area contributed by atoms with Crippen LogP contribution in [0, 0.1) is 0 Å². The molecule has 1 aromatic rings. The van der Waals surface area contributed by atoms with Crippen LogP contribution in [0.3, 0.4) is 0 Å². The van der Waals surface area contributed by atoms with Gasteiger partial charge in [0.25, 0.3) is 0 Å². The lowest BCUT2D eigenvalue weighted by atomic mass is 10.1. The van der Waals surface area contributed by atoms with Gasteiger partial charge >= 0.3 is 6.18 Å². The summed E-state index contributed by atoms with van der Waals surface area (Å²) in [5.74, 6) is -2.31. The molecule has 1 aliphatic carbocycles. The van der Waals surface area contributed by atoms with Crippen molar-refractivity contribution in [2.45, 2.75) is 24.9 Å². The Morgan fingerprint density at radius 3 is 2.41 bits per heavy atom. The van der Waals surface area contributed by atoms with E-state index in [1.165, 1.54) is 0 Å². The van der Waals surface area contributed by atoms with Crippen LogP contribution < -0.4 is 15.5 Å². The summed E-state index contributed by atoms with van der Waals surface area (Å²) in [6, 6.07) is 0. The quantitative estimate of drug-likeness (QED) is 0.236. The molecule has 34 heavy (non-hydrogen) atoms. The highest BCUT2D eigenvalue weighted by Gasteiger charge is 2.36. The first kappa shape index (κ1) is 27.7. The van der Waals surface area contributed by atoms with Crippen molar-refractivity contribution in [1.82, 2.24) is 19.9 Å². The molecule has 0 spiro atoms. The zero-order chi connectivity index (χ0) is 25.8. The third kappa shape index (κ3) is 6.34. The fourth-order valence-electron chi connectivity index (χ4n) is 3.77. The summed E-state index contributed by atoms with van der Waals surface area (Å²) >= 11 is 0. The van der Waals surface area contributed by atoms with Gasteiger partial charge in [0, 0.05) is 52.2 Å². The maximum Gasteiger partial charge on any atom is 0.419 e. The highest BCUT2D eigenvalue weighted by atomic mass is 19.4. The van der Waals surface area contributed by atoms with Gasteiger partial charge in [0.05, 0.1) is 16.5 Å². The molecule has 2 unspecified atom stereocenters. The van der Waals surface area contributed by atoms with Crippen LogP contribution in [0.5, 0.6) is 0 Å². The van der Waals surface area contributed by atoms with Crippen LogP contribution in [0.15, 0.2) is 42.4 Å². The largest absolute Gasteiger partial charge is 0.419 e. The van der Waals surface area contributed by atoms with Gasteiger partial charge in [-0.25, -0.2) is 23.2 Å². The molecule has 1 aliphatic rings. The van der Waals surface area contributed by atoms with Crippen molar-refractivity contribution in [3.63, 3.8) is 0 Å². The molecule has 1 N–H and O–H groups in total. The molecule has 2 atom stereocenters. The fourth-order valence-corrected chi connectivity index (χ4v) is 3.77. The van der Waals surface area contributed by atoms with E-state index in [1.807, 2.05) is 4.90 Å². The summed E-state index contributed by atoms with van der Waals surface area (Å²) in [6.07, 6.45) is -1.85. The summed E-state index contributed by atoms with van der Waals surface area (Å²) in [5, 5.41) is 3.81. The Kier molecular flexibility index (Phi) is 9.21. The summed E-state index contributed by atoms with van der Waals surface area (Å²) in [7, 11) is 8.59. The van der Waals surface area contributed by atoms with Crippen LogP contribution in [-0.2, 0) is 0 Å². The molecule has 190 valence electrons. The lowest BCUT2D eigenvalue weighted by molar-refractivity contribution is -0.0911. The van der Waals surface area contributed by atoms with Crippen LogP contribution in [0.25, 0.3) is 11.9 Å². The minimum Gasteiger partial charge on any atom is -0.359 e. The number of fused-ring (bicyclic) bond motifs is 1. The molecule has 5 nitrogen and oxygen atoms in total. The molecule has 0 fully saturated rings. The number of alkyl halides is 4. The van der Waals surface area contributed by atoms with Crippen LogP contribution in [0.4, 0.5) is 32.0 Å². The predicted molar refractivity (Wildman–Crippen MR) is 123 cm³/mol. The molecule has 0 radical (unpaired) electrons. The average Bonchev–Trinajstić information content (AvgIpc) is 3.16. The zero-order valence-corrected chi connectivity index (χ0v) is 19.9. The summed E-state index contributed by atoms with van der Waals surface area (Å²) in [4.78, 5) is 6.47. The van der Waals surface area contributed by atoms with E-state index >= 15 is 0 Å². The minimum atomic E-state index is -4.88. The SMILES string of the molecule is C=C/C=C(\C(F)=C/CN(C(CN(C)C)N(C)c1c[nH]c2c1=C(F)C(F)CC=2)N(C)C)C(F)(F)F. The highest BCUT2D eigenvalue weighted by Crippen LogP contribution is 2.32. The second-order valence-corrected chi connectivity index (χ2v) is 8.41. The number of rotatable bonds is 10. The zero-order valence-electron chi connectivity index (χ0n) is 19.9. The lowest BCUT2D eigenvalue weighted by Crippen LogP contribution is -2.57. The maximum atomic E-state index is 14.7. The lowest BCUT2D eigenvalue weighted by Gasteiger charge is -2.42. The van der Waals surface area contributed by atoms with Gasteiger partial charge in [-0.3, -0.25) is 0 Å². The number of halogens is 6. The molecular weight excluding hydrogens is 460 g/mol. The van der Waals surface area contributed by atoms with Crippen molar-refractivity contribution >= 4 is 17.6 Å². The van der Waals surface area contributed by atoms with Gasteiger partial charge in [-0.1, -0.05) is 18.7 Å². The standard InChI is InChI=1S/C23H31F6N5/c1-7-8-15(23(27,28)29)16(24)11-12-34(32(4)5)20(14-31(2)3)33(6)19-13-30-18-10-9-17(25)22(26)21(18)19/h7-8,10-11,13,17,20,30H,1,9,12,14H2,2-6H3/b15-8+,16-11+. The highest BCUT2D eigenvalue weighted by molar-refractivity contribution is 5.60. The van der Waals surface area contributed by atoms with Crippen LogP contribution in [-0.4, -0.2) is 86.7 Å². The first-order chi connectivity index (χ1) is 15.8. The van der Waals surface area contributed by atoms with Crippen LogP contribution >= 0.6 is 0 Å². The first-order valence-corrected chi connectivity index (χ1v) is 10.6. The van der Waals surface area contributed by atoms with Crippen molar-refractivity contribution in [2.24, 2.45) is 0 Å². The topological polar surface area (TPSA) is 28.8 Å². The molecule has 0 bridgehead atoms. The molecule has 0 saturated heterocycles. The minimum absolute atomic E-state index is 0.0721. The number of nitrogens with zero attached hydrogens (tertiary/aromatic N) is 4. The van der Waals surface area contributed by atoms with Gasteiger partial charge in [-0.15, -0.1) is 0 Å². The van der Waals surface area contributed by atoms with Crippen molar-refractivity contribution in [1.29, 1.82) is 0 Å². The Labute approximate surface area is 195 Å². The predicted octanol–water partition coefficient (Wildman–Crippen LogP) is 3.25. The van der Waals surface area contributed by atoms with E-state index in [0.29, 0.717) is 23.7 Å². The van der Waals surface area contributed by atoms with E-state index in [0.717, 1.165) is 12.2 Å². The van der Waals surface area contributed by atoms with Crippen LogP contribution in [0.2, 0.25) is 0 Å². The molecule has 1 heterocycles. The number of hydrazine groups is 1. The maximum absolute atomic E-state index is 14.7. The van der Waals surface area contributed by atoms with Crippen molar-refractivity contribution in [3.8, 4) is 0 Å². The molecule has 0 amide bonds. The number of anilines is 1. The van der Waals surface area contributed by atoms with E-state index in [-0.39, 0.29) is 18.2 Å². The number of aromatic amines is 1. The van der Waals surface area contributed by atoms with Gasteiger partial charge in [0.15, 0.2) is 6.17 Å². The van der Waals surface area contributed by atoms with Gasteiger partial charge < -0.3 is 14.8 Å². The second-order valence-electron chi connectivity index (χ2n) is 8.41. The molecule has 0 aromatic carbocycles. The molecule has 1 aromatic heterocycles. The van der Waals surface area contributed by atoms with E-state index in [9.17, 15) is 26.3 Å². The monoisotopic (exact) mass is 491 g/mol. The smallest absolute Gasteiger partial charge is 0.359 e. The molecule has 0 aliphatic heterocycles. The molecular formula is C23H31F6N5. The van der Waals surface area contributed by atoms with Crippen LogP contribution in [0.1, 0.15) is 6.42 Å². The third-order valence-corrected chi connectivity index (χ3v) is 5.45. The third-order valence-electron chi connectivity index (χ3n) is 5.45. The van der Waals surface area contributed by atoms with Gasteiger partial charge in [0.1, 0.15) is 17.8 Å². The Bertz CT molecular complexity index is 1040. The normalized spacial score (nSPS) is 18.4. The number of hydrogen-bond acceptors (Lipinski definition) is 4. The molecule has 0 saturated carbocycles. The fraction of sp³-hybridized carbons (Fsp3) is 0.478. The van der Waals surface area contributed by atoms with E-state index < -0.39 is 35.7 Å². The van der Waals surface area contributed by atoms with Gasteiger partial charge in [-0.2, -0.15) is 13.2 Å². The Hall–Kier alpha value is -2.50. The Balaban J connectivity index is 2.49. The van der Waals surface area contributed by atoms with Crippen molar-refractivity contribution in [2.75, 3.05) is 53.2 Å². The summed E-state index contributed by atoms with van der Waals surface area (Å²) < 4.78 is 82.9. The van der Waals surface area contributed by atoms with Crippen molar-refractivity contribution < 1.29 is 26.3 Å². The number of likely N-dealkylation sites (N-methyl/N-ethyl adjacent to an activating group) is 2. The number of nitrogens with one attached hydrogen (secondary N) is 1. The van der Waals surface area contributed by atoms with Gasteiger partial charge in [0.2, 0.25) is 0 Å². The van der Waals surface area contributed by atoms with E-state index in [2.05, 4.69) is 11.6 Å². The van der Waals surface area contributed by atoms with E-state index in [4.69, 9.17) is 0 Å². The molecule has 11 heteroatoms. The van der Waals surface area contributed by atoms with E-state index in [1.54, 1.807) is 62.4 Å². The number of H-pyrrole nitrogens is 1. The second kappa shape index (κ2) is 11.3.